The Balaban J connectivity index is 1.77. The Morgan fingerprint density at radius 3 is 2.58 bits per heavy atom. The molecule has 0 radical (unpaired) electrons. The summed E-state index contributed by atoms with van der Waals surface area (Å²) >= 11 is 13.5. The monoisotopic (exact) mass is 407 g/mol. The molecule has 0 saturated heterocycles. The van der Waals surface area contributed by atoms with Crippen molar-refractivity contribution < 1.29 is 4.39 Å². The number of allylic oxidation sites excluding steroid dienone is 1. The number of nitrogens with zero attached hydrogens (tertiary/aromatic N) is 3. The van der Waals surface area contributed by atoms with Gasteiger partial charge in [-0.1, -0.05) is 59.2 Å². The number of aromatic nitrogens is 3. The summed E-state index contributed by atoms with van der Waals surface area (Å²) in [6.07, 6.45) is 2.46. The molecule has 0 aliphatic carbocycles. The van der Waals surface area contributed by atoms with Crippen molar-refractivity contribution >= 4 is 35.0 Å². The fraction of sp³-hybridized carbons (Fsp3) is 0.158. The highest BCUT2D eigenvalue weighted by Crippen LogP contribution is 2.27. The molecule has 0 saturated carbocycles. The van der Waals surface area contributed by atoms with Gasteiger partial charge in [0.15, 0.2) is 5.16 Å². The molecule has 3 rings (SSSR count). The fourth-order valence-corrected chi connectivity index (χ4v) is 3.84. The molecule has 0 atom stereocenters. The van der Waals surface area contributed by atoms with E-state index < -0.39 is 0 Å². The maximum atomic E-state index is 13.2. The summed E-state index contributed by atoms with van der Waals surface area (Å²) in [4.78, 5) is 0. The molecule has 3 aromatic rings. The molecule has 0 N–H and O–H groups in total. The van der Waals surface area contributed by atoms with E-state index in [1.165, 1.54) is 23.9 Å². The van der Waals surface area contributed by atoms with Crippen LogP contribution in [-0.2, 0) is 18.7 Å². The van der Waals surface area contributed by atoms with Crippen LogP contribution >= 0.6 is 35.0 Å². The van der Waals surface area contributed by atoms with Gasteiger partial charge in [-0.05, 0) is 35.4 Å². The SMILES string of the molecule is C=CCn1c(Cc2ccc(Cl)cc2)nnc1SCc1ccc(F)cc1Cl. The molecular weight excluding hydrogens is 392 g/mol. The Morgan fingerprint density at radius 1 is 1.12 bits per heavy atom. The summed E-state index contributed by atoms with van der Waals surface area (Å²) in [6, 6.07) is 12.1. The van der Waals surface area contributed by atoms with Gasteiger partial charge in [0.05, 0.1) is 0 Å². The largest absolute Gasteiger partial charge is 0.302 e. The van der Waals surface area contributed by atoms with Crippen molar-refractivity contribution in [2.45, 2.75) is 23.9 Å². The van der Waals surface area contributed by atoms with Crippen LogP contribution in [0.15, 0.2) is 60.3 Å². The van der Waals surface area contributed by atoms with Crippen LogP contribution in [0.25, 0.3) is 0 Å². The van der Waals surface area contributed by atoms with Gasteiger partial charge in [0.2, 0.25) is 0 Å². The highest BCUT2D eigenvalue weighted by atomic mass is 35.5. The highest BCUT2D eigenvalue weighted by Gasteiger charge is 2.13. The predicted molar refractivity (Wildman–Crippen MR) is 105 cm³/mol. The molecule has 26 heavy (non-hydrogen) atoms. The van der Waals surface area contributed by atoms with Crippen LogP contribution in [0.1, 0.15) is 17.0 Å². The van der Waals surface area contributed by atoms with E-state index in [2.05, 4.69) is 16.8 Å². The molecule has 134 valence electrons. The predicted octanol–water partition coefficient (Wildman–Crippen LogP) is 5.79. The minimum atomic E-state index is -0.344. The fourth-order valence-electron chi connectivity index (χ4n) is 2.43. The molecule has 7 heteroatoms. The van der Waals surface area contributed by atoms with Crippen molar-refractivity contribution in [2.24, 2.45) is 0 Å². The smallest absolute Gasteiger partial charge is 0.191 e. The van der Waals surface area contributed by atoms with Crippen LogP contribution in [0.5, 0.6) is 0 Å². The summed E-state index contributed by atoms with van der Waals surface area (Å²) < 4.78 is 15.2. The normalized spacial score (nSPS) is 10.9. The van der Waals surface area contributed by atoms with Crippen molar-refractivity contribution in [3.63, 3.8) is 0 Å². The van der Waals surface area contributed by atoms with Crippen molar-refractivity contribution in [1.29, 1.82) is 0 Å². The van der Waals surface area contributed by atoms with E-state index in [-0.39, 0.29) is 5.82 Å². The number of benzene rings is 2. The molecule has 0 unspecified atom stereocenters. The van der Waals surface area contributed by atoms with E-state index in [1.54, 1.807) is 6.07 Å². The summed E-state index contributed by atoms with van der Waals surface area (Å²) in [5.74, 6) is 1.08. The van der Waals surface area contributed by atoms with E-state index in [0.29, 0.717) is 28.8 Å². The second-order valence-corrected chi connectivity index (χ2v) is 7.41. The number of thioether (sulfide) groups is 1. The maximum absolute atomic E-state index is 13.2. The summed E-state index contributed by atoms with van der Waals surface area (Å²) in [7, 11) is 0. The Bertz CT molecular complexity index is 910. The van der Waals surface area contributed by atoms with Crippen molar-refractivity contribution in [3.05, 3.63) is 87.9 Å². The van der Waals surface area contributed by atoms with E-state index in [9.17, 15) is 4.39 Å². The summed E-state index contributed by atoms with van der Waals surface area (Å²) in [5, 5.41) is 10.5. The minimum absolute atomic E-state index is 0.344. The summed E-state index contributed by atoms with van der Waals surface area (Å²) in [5.41, 5.74) is 1.95. The van der Waals surface area contributed by atoms with Crippen molar-refractivity contribution in [3.8, 4) is 0 Å². The van der Waals surface area contributed by atoms with Crippen LogP contribution in [0.4, 0.5) is 4.39 Å². The molecule has 0 aliphatic rings. The second kappa shape index (κ2) is 8.71. The van der Waals surface area contributed by atoms with Gasteiger partial charge in [-0.25, -0.2) is 4.39 Å². The van der Waals surface area contributed by atoms with Gasteiger partial charge in [-0.15, -0.1) is 16.8 Å². The Labute approximate surface area is 165 Å². The lowest BCUT2D eigenvalue weighted by Gasteiger charge is -2.08. The third-order valence-electron chi connectivity index (χ3n) is 3.75. The van der Waals surface area contributed by atoms with Gasteiger partial charge < -0.3 is 4.57 Å². The topological polar surface area (TPSA) is 30.7 Å². The Morgan fingerprint density at radius 2 is 1.88 bits per heavy atom. The first kappa shape index (κ1) is 19.0. The van der Waals surface area contributed by atoms with Gasteiger partial charge >= 0.3 is 0 Å². The number of halogens is 3. The lowest BCUT2D eigenvalue weighted by atomic mass is 10.1. The third-order valence-corrected chi connectivity index (χ3v) is 5.37. The lowest BCUT2D eigenvalue weighted by Crippen LogP contribution is -2.05. The first-order valence-corrected chi connectivity index (χ1v) is 9.65. The first-order valence-electron chi connectivity index (χ1n) is 7.91. The van der Waals surface area contributed by atoms with Gasteiger partial charge in [-0.3, -0.25) is 0 Å². The van der Waals surface area contributed by atoms with Crippen LogP contribution in [-0.4, -0.2) is 14.8 Å². The standard InChI is InChI=1S/C19H16Cl2FN3S/c1-2-9-25-18(10-13-3-6-15(20)7-4-13)23-24-19(25)26-12-14-5-8-16(22)11-17(14)21/h2-8,11H,1,9-10,12H2. The molecule has 3 nitrogen and oxygen atoms in total. The maximum Gasteiger partial charge on any atom is 0.191 e. The molecule has 0 amide bonds. The zero-order valence-corrected chi connectivity index (χ0v) is 16.2. The van der Waals surface area contributed by atoms with Crippen molar-refractivity contribution in [1.82, 2.24) is 14.8 Å². The van der Waals surface area contributed by atoms with Crippen LogP contribution in [0.2, 0.25) is 10.0 Å². The Hall–Kier alpha value is -1.82. The number of rotatable bonds is 7. The van der Waals surface area contributed by atoms with Crippen LogP contribution in [0.3, 0.4) is 0 Å². The zero-order chi connectivity index (χ0) is 18.5. The van der Waals surface area contributed by atoms with Gasteiger partial charge in [0.1, 0.15) is 11.6 Å². The van der Waals surface area contributed by atoms with Gasteiger partial charge in [-0.2, -0.15) is 0 Å². The second-order valence-electron chi connectivity index (χ2n) is 5.63. The quantitative estimate of drug-likeness (QED) is 0.366. The van der Waals surface area contributed by atoms with Crippen LogP contribution < -0.4 is 0 Å². The van der Waals surface area contributed by atoms with Crippen LogP contribution in [0, 0.1) is 5.82 Å². The molecule has 0 spiro atoms. The van der Waals surface area contributed by atoms with E-state index in [0.717, 1.165) is 22.1 Å². The van der Waals surface area contributed by atoms with E-state index in [4.69, 9.17) is 23.2 Å². The number of hydrogen-bond acceptors (Lipinski definition) is 3. The van der Waals surface area contributed by atoms with E-state index >= 15 is 0 Å². The molecule has 0 fully saturated rings. The number of hydrogen-bond donors (Lipinski definition) is 0. The summed E-state index contributed by atoms with van der Waals surface area (Å²) in [6.45, 7) is 4.42. The van der Waals surface area contributed by atoms with Gasteiger partial charge in [0, 0.05) is 28.8 Å². The van der Waals surface area contributed by atoms with E-state index in [1.807, 2.05) is 34.9 Å². The molecule has 1 heterocycles. The molecule has 1 aromatic heterocycles. The van der Waals surface area contributed by atoms with Crippen molar-refractivity contribution in [2.75, 3.05) is 0 Å². The Kier molecular flexibility index (Phi) is 6.35. The molecular formula is C19H16Cl2FN3S. The van der Waals surface area contributed by atoms with Gasteiger partial charge in [0.25, 0.3) is 0 Å². The third kappa shape index (κ3) is 4.67. The first-order chi connectivity index (χ1) is 12.6. The average Bonchev–Trinajstić information content (AvgIpc) is 2.98. The molecule has 0 aliphatic heterocycles. The molecule has 2 aromatic carbocycles. The highest BCUT2D eigenvalue weighted by molar-refractivity contribution is 7.98. The molecule has 0 bridgehead atoms. The minimum Gasteiger partial charge on any atom is -0.302 e. The zero-order valence-electron chi connectivity index (χ0n) is 13.8. The lowest BCUT2D eigenvalue weighted by molar-refractivity contribution is 0.627. The average molecular weight is 408 g/mol.